The predicted octanol–water partition coefficient (Wildman–Crippen LogP) is 5.86. The number of anilines is 1. The maximum Gasteiger partial charge on any atom is 0.276 e. The summed E-state index contributed by atoms with van der Waals surface area (Å²) in [6.45, 7) is 4.44. The number of carbonyl (C=O) groups is 1. The van der Waals surface area contributed by atoms with E-state index in [0.29, 0.717) is 24.2 Å². The van der Waals surface area contributed by atoms with Crippen LogP contribution in [0.2, 0.25) is 0 Å². The van der Waals surface area contributed by atoms with Gasteiger partial charge in [0.15, 0.2) is 5.69 Å². The summed E-state index contributed by atoms with van der Waals surface area (Å²) in [7, 11) is 0. The second-order valence-electron chi connectivity index (χ2n) is 11.7. The monoisotopic (exact) mass is 560 g/mol. The number of fused-ring (bicyclic) bond motifs is 1. The summed E-state index contributed by atoms with van der Waals surface area (Å²) in [5.74, 6) is -2.97. The van der Waals surface area contributed by atoms with Crippen molar-refractivity contribution in [1.82, 2.24) is 25.1 Å². The van der Waals surface area contributed by atoms with Crippen LogP contribution >= 0.6 is 0 Å². The third-order valence-corrected chi connectivity index (χ3v) is 8.17. The van der Waals surface area contributed by atoms with Crippen molar-refractivity contribution in [3.8, 4) is 11.1 Å². The molecular weight excluding hydrogens is 526 g/mol. The highest BCUT2D eigenvalue weighted by atomic mass is 19.3. The largest absolute Gasteiger partial charge is 0.381 e. The Morgan fingerprint density at radius 3 is 2.78 bits per heavy atom. The SMILES string of the molecule is C[C@@]1(Cc2ccc(NC(=O)c3n[nH]c4ccc(-c5cncc(CN6CCC(F)(F)C6)c5)cc34)cn2)CCCOCC1. The molecule has 1 atom stereocenters. The van der Waals surface area contributed by atoms with Gasteiger partial charge in [-0.05, 0) is 72.6 Å². The number of nitrogens with zero attached hydrogens (tertiary/aromatic N) is 4. The van der Waals surface area contributed by atoms with Crippen molar-refractivity contribution in [2.75, 3.05) is 31.6 Å². The number of hydrogen-bond donors (Lipinski definition) is 2. The highest BCUT2D eigenvalue weighted by molar-refractivity contribution is 6.11. The summed E-state index contributed by atoms with van der Waals surface area (Å²) in [5.41, 5.74) is 5.34. The fourth-order valence-corrected chi connectivity index (χ4v) is 5.85. The van der Waals surface area contributed by atoms with E-state index >= 15 is 0 Å². The van der Waals surface area contributed by atoms with Crippen molar-refractivity contribution in [3.63, 3.8) is 0 Å². The maximum atomic E-state index is 13.6. The van der Waals surface area contributed by atoms with E-state index in [1.807, 2.05) is 36.4 Å². The minimum Gasteiger partial charge on any atom is -0.381 e. The highest BCUT2D eigenvalue weighted by Crippen LogP contribution is 2.34. The van der Waals surface area contributed by atoms with Crippen LogP contribution in [0.1, 0.15) is 54.4 Å². The first kappa shape index (κ1) is 27.4. The number of aromatic nitrogens is 4. The van der Waals surface area contributed by atoms with Gasteiger partial charge in [-0.15, -0.1) is 0 Å². The summed E-state index contributed by atoms with van der Waals surface area (Å²) in [6.07, 6.45) is 9.08. The van der Waals surface area contributed by atoms with E-state index in [9.17, 15) is 13.6 Å². The van der Waals surface area contributed by atoms with Crippen molar-refractivity contribution in [3.05, 3.63) is 71.9 Å². The van der Waals surface area contributed by atoms with Crippen LogP contribution in [0.5, 0.6) is 0 Å². The number of rotatable bonds is 7. The average molecular weight is 561 g/mol. The van der Waals surface area contributed by atoms with Gasteiger partial charge in [0.1, 0.15) is 0 Å². The second-order valence-corrected chi connectivity index (χ2v) is 11.7. The number of amides is 1. The Balaban J connectivity index is 1.15. The van der Waals surface area contributed by atoms with E-state index in [2.05, 4.69) is 32.4 Å². The van der Waals surface area contributed by atoms with E-state index in [-0.39, 0.29) is 30.0 Å². The molecule has 0 aliphatic carbocycles. The van der Waals surface area contributed by atoms with Crippen LogP contribution in [0.3, 0.4) is 0 Å². The highest BCUT2D eigenvalue weighted by Gasteiger charge is 2.38. The van der Waals surface area contributed by atoms with Crippen LogP contribution in [0.25, 0.3) is 22.0 Å². The number of hydrogen-bond acceptors (Lipinski definition) is 6. The normalized spacial score (nSPS) is 21.1. The Morgan fingerprint density at radius 2 is 1.98 bits per heavy atom. The third-order valence-electron chi connectivity index (χ3n) is 8.17. The van der Waals surface area contributed by atoms with Gasteiger partial charge in [-0.25, -0.2) is 8.78 Å². The number of H-pyrrole nitrogens is 1. The summed E-state index contributed by atoms with van der Waals surface area (Å²) in [6, 6.07) is 11.5. The lowest BCUT2D eigenvalue weighted by Crippen LogP contribution is -2.24. The molecule has 0 unspecified atom stereocenters. The van der Waals surface area contributed by atoms with Gasteiger partial charge >= 0.3 is 0 Å². The second kappa shape index (κ2) is 11.3. The van der Waals surface area contributed by atoms with Gasteiger partial charge in [-0.2, -0.15) is 5.10 Å². The number of ether oxygens (including phenoxy) is 1. The van der Waals surface area contributed by atoms with Crippen LogP contribution in [0.15, 0.2) is 55.0 Å². The number of carbonyl (C=O) groups excluding carboxylic acids is 1. The van der Waals surface area contributed by atoms with Crippen LogP contribution in [0, 0.1) is 5.41 Å². The molecule has 2 aliphatic heterocycles. The molecule has 0 spiro atoms. The topological polar surface area (TPSA) is 96.0 Å². The van der Waals surface area contributed by atoms with Crippen molar-refractivity contribution in [2.45, 2.75) is 51.5 Å². The van der Waals surface area contributed by atoms with Gasteiger partial charge in [0.05, 0.1) is 23.9 Å². The molecule has 2 saturated heterocycles. The molecule has 8 nitrogen and oxygen atoms in total. The molecule has 1 aromatic carbocycles. The van der Waals surface area contributed by atoms with Crippen LogP contribution in [0.4, 0.5) is 14.5 Å². The van der Waals surface area contributed by atoms with Crippen LogP contribution in [-0.2, 0) is 17.7 Å². The molecule has 0 bridgehead atoms. The van der Waals surface area contributed by atoms with E-state index in [0.717, 1.165) is 66.8 Å². The first-order valence-corrected chi connectivity index (χ1v) is 14.1. The molecule has 41 heavy (non-hydrogen) atoms. The van der Waals surface area contributed by atoms with Gasteiger partial charge in [0.2, 0.25) is 0 Å². The summed E-state index contributed by atoms with van der Waals surface area (Å²) < 4.78 is 32.9. The minimum absolute atomic E-state index is 0.113. The van der Waals surface area contributed by atoms with Crippen molar-refractivity contribution in [1.29, 1.82) is 0 Å². The molecule has 2 fully saturated rings. The first-order chi connectivity index (χ1) is 19.8. The fourth-order valence-electron chi connectivity index (χ4n) is 5.85. The lowest BCUT2D eigenvalue weighted by atomic mass is 9.79. The number of benzene rings is 1. The summed E-state index contributed by atoms with van der Waals surface area (Å²) in [4.78, 5) is 23.9. The van der Waals surface area contributed by atoms with Gasteiger partial charge in [0, 0.05) is 61.8 Å². The molecule has 3 aromatic heterocycles. The van der Waals surface area contributed by atoms with E-state index in [4.69, 9.17) is 4.74 Å². The van der Waals surface area contributed by atoms with E-state index in [1.54, 1.807) is 23.5 Å². The number of aromatic amines is 1. The molecule has 0 radical (unpaired) electrons. The minimum atomic E-state index is -2.63. The van der Waals surface area contributed by atoms with E-state index in [1.165, 1.54) is 0 Å². The number of halogens is 2. The number of pyridine rings is 2. The van der Waals surface area contributed by atoms with Crippen molar-refractivity contribution >= 4 is 22.5 Å². The zero-order valence-electron chi connectivity index (χ0n) is 23.1. The Bertz CT molecular complexity index is 1530. The molecule has 0 saturated carbocycles. The smallest absolute Gasteiger partial charge is 0.276 e. The lowest BCUT2D eigenvalue weighted by Gasteiger charge is -2.27. The van der Waals surface area contributed by atoms with Gasteiger partial charge in [-0.3, -0.25) is 24.8 Å². The zero-order chi connectivity index (χ0) is 28.5. The zero-order valence-corrected chi connectivity index (χ0v) is 23.1. The molecule has 6 rings (SSSR count). The summed E-state index contributed by atoms with van der Waals surface area (Å²) >= 11 is 0. The molecule has 214 valence electrons. The van der Waals surface area contributed by atoms with Crippen molar-refractivity contribution < 1.29 is 18.3 Å². The quantitative estimate of drug-likeness (QED) is 0.294. The van der Waals surface area contributed by atoms with Gasteiger partial charge in [0.25, 0.3) is 11.8 Å². The molecule has 2 aliphatic rings. The van der Waals surface area contributed by atoms with Crippen LogP contribution in [-0.4, -0.2) is 63.2 Å². The number of nitrogens with one attached hydrogen (secondary N) is 2. The number of alkyl halides is 2. The first-order valence-electron chi connectivity index (χ1n) is 14.1. The van der Waals surface area contributed by atoms with Crippen molar-refractivity contribution in [2.24, 2.45) is 5.41 Å². The Morgan fingerprint density at radius 1 is 1.07 bits per heavy atom. The predicted molar refractivity (Wildman–Crippen MR) is 153 cm³/mol. The molecule has 1 amide bonds. The number of likely N-dealkylation sites (tertiary alicyclic amines) is 1. The fraction of sp³-hybridized carbons (Fsp3) is 0.419. The van der Waals surface area contributed by atoms with Crippen LogP contribution < -0.4 is 5.32 Å². The molecule has 10 heteroatoms. The molecule has 2 N–H and O–H groups in total. The summed E-state index contributed by atoms with van der Waals surface area (Å²) in [5, 5.41) is 10.8. The average Bonchev–Trinajstić information content (AvgIpc) is 3.46. The Kier molecular flexibility index (Phi) is 7.52. The Labute approximate surface area is 237 Å². The molecular formula is C31H34F2N6O2. The lowest BCUT2D eigenvalue weighted by molar-refractivity contribution is 0.0115. The maximum absolute atomic E-state index is 13.6. The molecule has 4 aromatic rings. The third kappa shape index (κ3) is 6.44. The molecule has 5 heterocycles. The van der Waals surface area contributed by atoms with Gasteiger partial charge < -0.3 is 10.1 Å². The standard InChI is InChI=1S/C31H34F2N6O2/c1-30(7-2-11-41-12-9-30)15-24-4-5-25(18-35-24)36-29(40)28-26-14-22(3-6-27(26)37-38-28)23-13-21(16-34-17-23)19-39-10-8-31(32,33)20-39/h3-6,13-14,16-18H,2,7-12,15,19-20H2,1H3,(H,36,40)(H,37,38)/t30-/m1/s1. The van der Waals surface area contributed by atoms with Gasteiger partial charge in [-0.1, -0.05) is 13.0 Å². The van der Waals surface area contributed by atoms with E-state index < -0.39 is 5.92 Å². The Hall–Kier alpha value is -3.76.